The van der Waals surface area contributed by atoms with Crippen molar-refractivity contribution in [2.24, 2.45) is 0 Å². The number of methoxy groups -OCH3 is 1. The number of esters is 1. The second kappa shape index (κ2) is 4.08. The summed E-state index contributed by atoms with van der Waals surface area (Å²) in [7, 11) is 1.05. The summed E-state index contributed by atoms with van der Waals surface area (Å²) in [5, 5.41) is 0. The Bertz CT molecular complexity index is 354. The van der Waals surface area contributed by atoms with Crippen molar-refractivity contribution in [1.29, 1.82) is 0 Å². The fourth-order valence-corrected chi connectivity index (χ4v) is 0.852. The van der Waals surface area contributed by atoms with Crippen LogP contribution in [0, 0.1) is 5.95 Å². The SMILES string of the molecule is COC(=O)c1cc(C(F)F)cc(F)n1. The molecular weight excluding hydrogens is 199 g/mol. The lowest BCUT2D eigenvalue weighted by Crippen LogP contribution is -2.06. The number of pyridine rings is 1. The first kappa shape index (κ1) is 10.5. The molecule has 1 heterocycles. The predicted molar refractivity (Wildman–Crippen MR) is 40.5 cm³/mol. The van der Waals surface area contributed by atoms with E-state index < -0.39 is 29.6 Å². The molecule has 76 valence electrons. The minimum atomic E-state index is -2.85. The van der Waals surface area contributed by atoms with Crippen molar-refractivity contribution in [1.82, 2.24) is 4.98 Å². The van der Waals surface area contributed by atoms with Crippen molar-refractivity contribution in [2.75, 3.05) is 7.11 Å². The minimum absolute atomic E-state index is 0.470. The van der Waals surface area contributed by atoms with Gasteiger partial charge in [-0.15, -0.1) is 0 Å². The summed E-state index contributed by atoms with van der Waals surface area (Å²) >= 11 is 0. The maximum Gasteiger partial charge on any atom is 0.356 e. The minimum Gasteiger partial charge on any atom is -0.464 e. The maximum absolute atomic E-state index is 12.6. The Hall–Kier alpha value is -1.59. The number of carbonyl (C=O) groups excluding carboxylic acids is 1. The third-order valence-corrected chi connectivity index (χ3v) is 1.46. The van der Waals surface area contributed by atoms with E-state index in [0.29, 0.717) is 6.07 Å². The molecule has 0 spiro atoms. The molecule has 6 heteroatoms. The van der Waals surface area contributed by atoms with Gasteiger partial charge in [0, 0.05) is 11.6 Å². The number of ether oxygens (including phenoxy) is 1. The van der Waals surface area contributed by atoms with E-state index >= 15 is 0 Å². The quantitative estimate of drug-likeness (QED) is 0.547. The third kappa shape index (κ3) is 2.21. The van der Waals surface area contributed by atoms with E-state index in [9.17, 15) is 18.0 Å². The molecule has 14 heavy (non-hydrogen) atoms. The third-order valence-electron chi connectivity index (χ3n) is 1.46. The summed E-state index contributed by atoms with van der Waals surface area (Å²) < 4.78 is 41.1. The molecule has 3 nitrogen and oxygen atoms in total. The molecule has 0 atom stereocenters. The predicted octanol–water partition coefficient (Wildman–Crippen LogP) is 1.94. The highest BCUT2D eigenvalue weighted by Gasteiger charge is 2.15. The number of aromatic nitrogens is 1. The van der Waals surface area contributed by atoms with Crippen molar-refractivity contribution in [3.8, 4) is 0 Å². The standard InChI is InChI=1S/C8H6F3NO2/c1-14-8(13)5-2-4(7(10)11)3-6(9)12-5/h2-3,7H,1H3. The van der Waals surface area contributed by atoms with Crippen LogP contribution in [0.15, 0.2) is 12.1 Å². The molecule has 0 fully saturated rings. The van der Waals surface area contributed by atoms with E-state index in [1.165, 1.54) is 0 Å². The normalized spacial score (nSPS) is 10.4. The van der Waals surface area contributed by atoms with Crippen LogP contribution in [-0.4, -0.2) is 18.1 Å². The number of carbonyl (C=O) groups is 1. The fourth-order valence-electron chi connectivity index (χ4n) is 0.852. The molecule has 0 aliphatic carbocycles. The van der Waals surface area contributed by atoms with Crippen LogP contribution < -0.4 is 0 Å². The van der Waals surface area contributed by atoms with E-state index in [-0.39, 0.29) is 0 Å². The van der Waals surface area contributed by atoms with Crippen LogP contribution in [0.4, 0.5) is 13.2 Å². The number of alkyl halides is 2. The number of hydrogen-bond acceptors (Lipinski definition) is 3. The number of halogens is 3. The monoisotopic (exact) mass is 205 g/mol. The summed E-state index contributed by atoms with van der Waals surface area (Å²) in [5.41, 5.74) is -1.07. The van der Waals surface area contributed by atoms with Gasteiger partial charge in [-0.2, -0.15) is 4.39 Å². The van der Waals surface area contributed by atoms with Gasteiger partial charge in [-0.05, 0) is 6.07 Å². The average Bonchev–Trinajstić information content (AvgIpc) is 2.15. The summed E-state index contributed by atoms with van der Waals surface area (Å²) in [6.07, 6.45) is -2.85. The zero-order valence-electron chi connectivity index (χ0n) is 7.13. The van der Waals surface area contributed by atoms with Crippen LogP contribution in [0.3, 0.4) is 0 Å². The molecule has 0 aliphatic rings. The molecule has 0 unspecified atom stereocenters. The topological polar surface area (TPSA) is 39.2 Å². The first-order chi connectivity index (χ1) is 6.54. The molecule has 0 amide bonds. The van der Waals surface area contributed by atoms with Gasteiger partial charge in [0.2, 0.25) is 5.95 Å². The van der Waals surface area contributed by atoms with Crippen molar-refractivity contribution >= 4 is 5.97 Å². The van der Waals surface area contributed by atoms with Crippen LogP contribution in [0.2, 0.25) is 0 Å². The van der Waals surface area contributed by atoms with Gasteiger partial charge in [0.1, 0.15) is 0 Å². The molecule has 0 N–H and O–H groups in total. The van der Waals surface area contributed by atoms with Gasteiger partial charge in [-0.1, -0.05) is 0 Å². The maximum atomic E-state index is 12.6. The molecule has 1 rings (SSSR count). The molecule has 0 bridgehead atoms. The number of nitrogens with zero attached hydrogens (tertiary/aromatic N) is 1. The Balaban J connectivity index is 3.13. The van der Waals surface area contributed by atoms with Crippen LogP contribution in [-0.2, 0) is 4.74 Å². The Morgan fingerprint density at radius 2 is 2.14 bits per heavy atom. The molecule has 1 aromatic heterocycles. The van der Waals surface area contributed by atoms with Gasteiger partial charge in [-0.25, -0.2) is 18.6 Å². The van der Waals surface area contributed by atoms with E-state index in [1.54, 1.807) is 0 Å². The van der Waals surface area contributed by atoms with Crippen LogP contribution >= 0.6 is 0 Å². The van der Waals surface area contributed by atoms with Gasteiger partial charge < -0.3 is 4.74 Å². The fraction of sp³-hybridized carbons (Fsp3) is 0.250. The largest absolute Gasteiger partial charge is 0.464 e. The van der Waals surface area contributed by atoms with Gasteiger partial charge in [0.05, 0.1) is 7.11 Å². The van der Waals surface area contributed by atoms with E-state index in [1.807, 2.05) is 0 Å². The smallest absolute Gasteiger partial charge is 0.356 e. The van der Waals surface area contributed by atoms with Crippen molar-refractivity contribution < 1.29 is 22.7 Å². The summed E-state index contributed by atoms with van der Waals surface area (Å²) in [5.74, 6) is -2.09. The lowest BCUT2D eigenvalue weighted by atomic mass is 10.2. The van der Waals surface area contributed by atoms with Crippen molar-refractivity contribution in [2.45, 2.75) is 6.43 Å². The van der Waals surface area contributed by atoms with Gasteiger partial charge in [0.15, 0.2) is 5.69 Å². The highest BCUT2D eigenvalue weighted by atomic mass is 19.3. The second-order valence-electron chi connectivity index (χ2n) is 2.40. The molecule has 0 radical (unpaired) electrons. The lowest BCUT2D eigenvalue weighted by Gasteiger charge is -2.02. The molecule has 0 aliphatic heterocycles. The van der Waals surface area contributed by atoms with Crippen molar-refractivity contribution in [3.63, 3.8) is 0 Å². The number of hydrogen-bond donors (Lipinski definition) is 0. The Labute approximate surface area is 77.5 Å². The molecule has 0 saturated carbocycles. The first-order valence-corrected chi connectivity index (χ1v) is 3.58. The van der Waals surface area contributed by atoms with Crippen LogP contribution in [0.1, 0.15) is 22.5 Å². The highest BCUT2D eigenvalue weighted by Crippen LogP contribution is 2.19. The Morgan fingerprint density at radius 1 is 1.50 bits per heavy atom. The summed E-state index contributed by atoms with van der Waals surface area (Å²) in [6.45, 7) is 0. The number of rotatable bonds is 2. The Morgan fingerprint density at radius 3 is 2.64 bits per heavy atom. The van der Waals surface area contributed by atoms with Crippen LogP contribution in [0.5, 0.6) is 0 Å². The lowest BCUT2D eigenvalue weighted by molar-refractivity contribution is 0.0592. The first-order valence-electron chi connectivity index (χ1n) is 3.58. The zero-order chi connectivity index (χ0) is 10.7. The molecule has 0 saturated heterocycles. The average molecular weight is 205 g/mol. The van der Waals surface area contributed by atoms with Gasteiger partial charge >= 0.3 is 5.97 Å². The van der Waals surface area contributed by atoms with Gasteiger partial charge in [0.25, 0.3) is 6.43 Å². The van der Waals surface area contributed by atoms with Crippen molar-refractivity contribution in [3.05, 3.63) is 29.3 Å². The van der Waals surface area contributed by atoms with E-state index in [0.717, 1.165) is 13.2 Å². The summed E-state index contributed by atoms with van der Waals surface area (Å²) in [6, 6.07) is 1.36. The highest BCUT2D eigenvalue weighted by molar-refractivity contribution is 5.87. The molecular formula is C8H6F3NO2. The van der Waals surface area contributed by atoms with Gasteiger partial charge in [-0.3, -0.25) is 0 Å². The molecule has 0 aromatic carbocycles. The zero-order valence-corrected chi connectivity index (χ0v) is 7.13. The van der Waals surface area contributed by atoms with E-state index in [2.05, 4.69) is 9.72 Å². The summed E-state index contributed by atoms with van der Waals surface area (Å²) in [4.78, 5) is 14.0. The second-order valence-corrected chi connectivity index (χ2v) is 2.40. The molecule has 1 aromatic rings. The van der Waals surface area contributed by atoms with Crippen LogP contribution in [0.25, 0.3) is 0 Å². The Kier molecular flexibility index (Phi) is 3.06. The van der Waals surface area contributed by atoms with E-state index in [4.69, 9.17) is 0 Å².